The monoisotopic (exact) mass is 360 g/mol. The Hall–Kier alpha value is -1.85. The highest BCUT2D eigenvalue weighted by atomic mass is 35.5. The van der Waals surface area contributed by atoms with Crippen LogP contribution in [0.4, 0.5) is 0 Å². The summed E-state index contributed by atoms with van der Waals surface area (Å²) in [5.74, 6) is 0.210. The fourth-order valence-electron chi connectivity index (χ4n) is 3.40. The summed E-state index contributed by atoms with van der Waals surface area (Å²) in [6.07, 6.45) is 2.63. The molecule has 1 saturated heterocycles. The molecular weight excluding hydrogens is 336 g/mol. The van der Waals surface area contributed by atoms with Crippen LogP contribution in [0.5, 0.6) is 0 Å². The Labute approximate surface area is 153 Å². The fourth-order valence-corrected chi connectivity index (χ4v) is 3.53. The Bertz CT molecular complexity index is 768. The first-order valence-corrected chi connectivity index (χ1v) is 9.05. The topological polar surface area (TPSA) is 64.2 Å². The number of amides is 1. The van der Waals surface area contributed by atoms with E-state index >= 15 is 0 Å². The summed E-state index contributed by atoms with van der Waals surface area (Å²) in [7, 11) is 0. The molecule has 1 aromatic heterocycles. The molecule has 6 heteroatoms. The summed E-state index contributed by atoms with van der Waals surface area (Å²) in [6.45, 7) is 8.34. The summed E-state index contributed by atoms with van der Waals surface area (Å²) in [5.41, 5.74) is 8.39. The van der Waals surface area contributed by atoms with Crippen molar-refractivity contribution in [2.75, 3.05) is 19.6 Å². The lowest BCUT2D eigenvalue weighted by Crippen LogP contribution is -2.34. The zero-order valence-corrected chi connectivity index (χ0v) is 15.8. The smallest absolute Gasteiger partial charge is 0.257 e. The quantitative estimate of drug-likeness (QED) is 0.908. The second kappa shape index (κ2) is 6.81. The molecule has 1 unspecified atom stereocenters. The molecule has 1 fully saturated rings. The highest BCUT2D eigenvalue weighted by molar-refractivity contribution is 6.30. The van der Waals surface area contributed by atoms with Crippen molar-refractivity contribution >= 4 is 17.5 Å². The Morgan fingerprint density at radius 2 is 2.04 bits per heavy atom. The van der Waals surface area contributed by atoms with E-state index in [1.54, 1.807) is 6.20 Å². The number of nitrogens with two attached hydrogens (primary N) is 1. The van der Waals surface area contributed by atoms with Crippen molar-refractivity contribution in [3.63, 3.8) is 0 Å². The highest BCUT2D eigenvalue weighted by Gasteiger charge is 2.36. The number of nitrogens with zero attached hydrogens (tertiary/aromatic N) is 3. The molecule has 0 spiro atoms. The second-order valence-electron chi connectivity index (χ2n) is 7.48. The van der Waals surface area contributed by atoms with Gasteiger partial charge in [-0.15, -0.1) is 0 Å². The van der Waals surface area contributed by atoms with E-state index in [9.17, 15) is 4.79 Å². The summed E-state index contributed by atoms with van der Waals surface area (Å²) in [4.78, 5) is 15.0. The van der Waals surface area contributed by atoms with E-state index < -0.39 is 0 Å². The van der Waals surface area contributed by atoms with Crippen molar-refractivity contribution in [3.05, 3.63) is 46.7 Å². The van der Waals surface area contributed by atoms with Crippen molar-refractivity contribution in [1.82, 2.24) is 14.7 Å². The zero-order chi connectivity index (χ0) is 18.2. The predicted molar refractivity (Wildman–Crippen MR) is 100 cm³/mol. The minimum absolute atomic E-state index is 0.0137. The number of carbonyl (C=O) groups excluding carboxylic acids is 1. The van der Waals surface area contributed by atoms with Gasteiger partial charge >= 0.3 is 0 Å². The minimum atomic E-state index is 0.0137. The summed E-state index contributed by atoms with van der Waals surface area (Å²) >= 11 is 5.98. The van der Waals surface area contributed by atoms with Crippen molar-refractivity contribution in [3.8, 4) is 5.69 Å². The molecule has 1 aliphatic rings. The van der Waals surface area contributed by atoms with Crippen LogP contribution >= 0.6 is 11.6 Å². The van der Waals surface area contributed by atoms with Gasteiger partial charge in [0, 0.05) is 18.1 Å². The SMILES string of the molecule is CC(C)c1c(C(=O)N2CCC(C)(CN)C2)cnn1-c1ccc(Cl)cc1. The Kier molecular flexibility index (Phi) is 4.89. The first-order chi connectivity index (χ1) is 11.8. The minimum Gasteiger partial charge on any atom is -0.338 e. The van der Waals surface area contributed by atoms with E-state index in [0.717, 1.165) is 24.3 Å². The van der Waals surface area contributed by atoms with Crippen molar-refractivity contribution < 1.29 is 4.79 Å². The van der Waals surface area contributed by atoms with Crippen molar-refractivity contribution in [2.45, 2.75) is 33.1 Å². The van der Waals surface area contributed by atoms with Crippen molar-refractivity contribution in [1.29, 1.82) is 0 Å². The van der Waals surface area contributed by atoms with Gasteiger partial charge in [-0.05, 0) is 48.6 Å². The molecule has 3 rings (SSSR count). The van der Waals surface area contributed by atoms with E-state index in [4.69, 9.17) is 17.3 Å². The standard InChI is InChI=1S/C19H25ClN4O/c1-13(2)17-16(18(25)23-9-8-19(3,11-21)12-23)10-22-24(17)15-6-4-14(20)5-7-15/h4-7,10,13H,8-9,11-12,21H2,1-3H3. The van der Waals surface area contributed by atoms with E-state index in [2.05, 4.69) is 25.9 Å². The van der Waals surface area contributed by atoms with Crippen LogP contribution in [-0.4, -0.2) is 40.2 Å². The van der Waals surface area contributed by atoms with E-state index in [1.165, 1.54) is 0 Å². The van der Waals surface area contributed by atoms with Gasteiger partial charge in [0.25, 0.3) is 5.91 Å². The van der Waals surface area contributed by atoms with Gasteiger partial charge < -0.3 is 10.6 Å². The van der Waals surface area contributed by atoms with Crippen LogP contribution in [0, 0.1) is 5.41 Å². The molecule has 1 atom stereocenters. The summed E-state index contributed by atoms with van der Waals surface area (Å²) in [6, 6.07) is 7.49. The normalized spacial score (nSPS) is 20.5. The first-order valence-electron chi connectivity index (χ1n) is 8.68. The van der Waals surface area contributed by atoms with Gasteiger partial charge in [-0.1, -0.05) is 32.4 Å². The number of halogens is 1. The lowest BCUT2D eigenvalue weighted by molar-refractivity contribution is 0.0775. The van der Waals surface area contributed by atoms with Gasteiger partial charge in [0.2, 0.25) is 0 Å². The lowest BCUT2D eigenvalue weighted by Gasteiger charge is -2.23. The average Bonchev–Trinajstić information content (AvgIpc) is 3.20. The molecule has 1 aliphatic heterocycles. The Morgan fingerprint density at radius 1 is 1.36 bits per heavy atom. The molecule has 0 aliphatic carbocycles. The Morgan fingerprint density at radius 3 is 2.60 bits per heavy atom. The third-order valence-corrected chi connectivity index (χ3v) is 5.24. The molecule has 1 amide bonds. The second-order valence-corrected chi connectivity index (χ2v) is 7.91. The largest absolute Gasteiger partial charge is 0.338 e. The lowest BCUT2D eigenvalue weighted by atomic mass is 9.90. The molecule has 25 heavy (non-hydrogen) atoms. The molecule has 2 aromatic rings. The van der Waals surface area contributed by atoms with Crippen LogP contribution < -0.4 is 5.73 Å². The maximum atomic E-state index is 13.1. The van der Waals surface area contributed by atoms with E-state index in [1.807, 2.05) is 33.8 Å². The van der Waals surface area contributed by atoms with E-state index in [0.29, 0.717) is 23.7 Å². The van der Waals surface area contributed by atoms with Crippen LogP contribution in [0.3, 0.4) is 0 Å². The summed E-state index contributed by atoms with van der Waals surface area (Å²) < 4.78 is 1.84. The van der Waals surface area contributed by atoms with Gasteiger partial charge in [-0.25, -0.2) is 4.68 Å². The third-order valence-electron chi connectivity index (χ3n) is 4.99. The Balaban J connectivity index is 1.95. The average molecular weight is 361 g/mol. The molecule has 0 saturated carbocycles. The number of benzene rings is 1. The number of hydrogen-bond donors (Lipinski definition) is 1. The van der Waals surface area contributed by atoms with Gasteiger partial charge in [0.15, 0.2) is 0 Å². The maximum Gasteiger partial charge on any atom is 0.257 e. The molecular formula is C19H25ClN4O. The zero-order valence-electron chi connectivity index (χ0n) is 15.0. The molecule has 0 bridgehead atoms. The molecule has 134 valence electrons. The summed E-state index contributed by atoms with van der Waals surface area (Å²) in [5, 5.41) is 5.16. The van der Waals surface area contributed by atoms with Crippen molar-refractivity contribution in [2.24, 2.45) is 11.1 Å². The molecule has 2 heterocycles. The fraction of sp³-hybridized carbons (Fsp3) is 0.474. The number of likely N-dealkylation sites (tertiary alicyclic amines) is 1. The molecule has 2 N–H and O–H groups in total. The third kappa shape index (κ3) is 3.44. The van der Waals surface area contributed by atoms with Crippen LogP contribution in [0.2, 0.25) is 5.02 Å². The number of rotatable bonds is 4. The van der Waals surface area contributed by atoms with Crippen LogP contribution in [-0.2, 0) is 0 Å². The van der Waals surface area contributed by atoms with Gasteiger partial charge in [-0.3, -0.25) is 4.79 Å². The van der Waals surface area contributed by atoms with Crippen LogP contribution in [0.25, 0.3) is 5.69 Å². The number of carbonyl (C=O) groups is 1. The van der Waals surface area contributed by atoms with Crippen LogP contribution in [0.1, 0.15) is 49.2 Å². The molecule has 1 aromatic carbocycles. The van der Waals surface area contributed by atoms with Gasteiger partial charge in [-0.2, -0.15) is 5.10 Å². The van der Waals surface area contributed by atoms with Crippen LogP contribution in [0.15, 0.2) is 30.5 Å². The van der Waals surface area contributed by atoms with Gasteiger partial charge in [0.1, 0.15) is 0 Å². The first kappa shape index (κ1) is 18.0. The predicted octanol–water partition coefficient (Wildman–Crippen LogP) is 3.46. The van der Waals surface area contributed by atoms with Gasteiger partial charge in [0.05, 0.1) is 23.1 Å². The molecule has 0 radical (unpaired) electrons. The molecule has 5 nitrogen and oxygen atoms in total. The maximum absolute atomic E-state index is 13.1. The number of aromatic nitrogens is 2. The van der Waals surface area contributed by atoms with E-state index in [-0.39, 0.29) is 17.2 Å². The number of hydrogen-bond acceptors (Lipinski definition) is 3. The highest BCUT2D eigenvalue weighted by Crippen LogP contribution is 2.31.